The number of nitrogens with zero attached hydrogens (tertiary/aromatic N) is 2. The predicted octanol–water partition coefficient (Wildman–Crippen LogP) is 3.15. The Hall–Kier alpha value is -1.29. The van der Waals surface area contributed by atoms with E-state index in [0.717, 1.165) is 5.56 Å². The highest BCUT2D eigenvalue weighted by molar-refractivity contribution is 7.86. The van der Waals surface area contributed by atoms with Crippen molar-refractivity contribution >= 4 is 39.0 Å². The van der Waals surface area contributed by atoms with Gasteiger partial charge in [0.2, 0.25) is 4.33 Å². The van der Waals surface area contributed by atoms with Crippen LogP contribution in [0.5, 0.6) is 0 Å². The van der Waals surface area contributed by atoms with Crippen LogP contribution in [0.3, 0.4) is 0 Å². The van der Waals surface area contributed by atoms with Gasteiger partial charge >= 0.3 is 10.1 Å². The summed E-state index contributed by atoms with van der Waals surface area (Å²) in [6.07, 6.45) is 0.378. The highest BCUT2D eigenvalue weighted by Gasteiger charge is 2.34. The summed E-state index contributed by atoms with van der Waals surface area (Å²) in [6.45, 7) is 3.45. The van der Waals surface area contributed by atoms with Crippen molar-refractivity contribution in [2.45, 2.75) is 24.6 Å². The first-order valence-electron chi connectivity index (χ1n) is 6.08. The first kappa shape index (κ1) is 17.8. The van der Waals surface area contributed by atoms with Gasteiger partial charge in [-0.15, -0.1) is 0 Å². The highest BCUT2D eigenvalue weighted by atomic mass is 35.5. The van der Waals surface area contributed by atoms with Crippen molar-refractivity contribution in [2.24, 2.45) is 5.16 Å². The number of nitriles is 1. The Morgan fingerprint density at radius 1 is 1.43 bits per heavy atom. The molecule has 8 heteroatoms. The van der Waals surface area contributed by atoms with Crippen molar-refractivity contribution in [3.05, 3.63) is 35.4 Å². The summed E-state index contributed by atoms with van der Waals surface area (Å²) in [7, 11) is -3.83. The van der Waals surface area contributed by atoms with E-state index in [1.54, 1.807) is 44.2 Å². The zero-order chi connectivity index (χ0) is 16.1. The van der Waals surface area contributed by atoms with Crippen molar-refractivity contribution < 1.29 is 12.7 Å². The average Bonchev–Trinajstić information content (AvgIpc) is 2.40. The van der Waals surface area contributed by atoms with E-state index >= 15 is 0 Å². The molecule has 21 heavy (non-hydrogen) atoms. The van der Waals surface area contributed by atoms with Crippen LogP contribution in [0, 0.1) is 18.3 Å². The lowest BCUT2D eigenvalue weighted by Crippen LogP contribution is -2.27. The van der Waals surface area contributed by atoms with Gasteiger partial charge in [0.05, 0.1) is 5.75 Å². The fourth-order valence-corrected chi connectivity index (χ4v) is 2.58. The van der Waals surface area contributed by atoms with Gasteiger partial charge in [-0.3, -0.25) is 4.28 Å². The Labute approximate surface area is 134 Å². The summed E-state index contributed by atoms with van der Waals surface area (Å²) in [6, 6.07) is 8.52. The largest absolute Gasteiger partial charge is 0.328 e. The van der Waals surface area contributed by atoms with Crippen LogP contribution in [0.1, 0.15) is 24.5 Å². The van der Waals surface area contributed by atoms with Crippen molar-refractivity contribution in [3.8, 4) is 6.07 Å². The van der Waals surface area contributed by atoms with E-state index in [0.29, 0.717) is 12.0 Å². The van der Waals surface area contributed by atoms with Gasteiger partial charge in [-0.1, -0.05) is 59.5 Å². The van der Waals surface area contributed by atoms with E-state index < -0.39 is 14.5 Å². The normalized spacial score (nSPS) is 12.8. The number of aryl methyl sites for hydroxylation is 1. The molecule has 0 unspecified atom stereocenters. The lowest BCUT2D eigenvalue weighted by Gasteiger charge is -2.15. The molecule has 0 aliphatic rings. The van der Waals surface area contributed by atoms with Crippen molar-refractivity contribution in [3.63, 3.8) is 0 Å². The zero-order valence-corrected chi connectivity index (χ0v) is 13.8. The molecule has 0 saturated heterocycles. The maximum Gasteiger partial charge on any atom is 0.328 e. The van der Waals surface area contributed by atoms with Crippen LogP contribution >= 0.6 is 23.2 Å². The summed E-state index contributed by atoms with van der Waals surface area (Å²) >= 11 is 11.8. The Balaban J connectivity index is 3.30. The van der Waals surface area contributed by atoms with E-state index in [4.69, 9.17) is 28.5 Å². The highest BCUT2D eigenvalue weighted by Crippen LogP contribution is 2.28. The molecule has 0 amide bonds. The van der Waals surface area contributed by atoms with Gasteiger partial charge in [-0.25, -0.2) is 0 Å². The number of hydrogen-bond acceptors (Lipinski definition) is 5. The number of oxime groups is 1. The summed E-state index contributed by atoms with van der Waals surface area (Å²) in [5.74, 6) is -0.193. The van der Waals surface area contributed by atoms with E-state index in [9.17, 15) is 8.42 Å². The van der Waals surface area contributed by atoms with Crippen LogP contribution in [0.25, 0.3) is 0 Å². The smallest absolute Gasteiger partial charge is 0.268 e. The molecule has 1 rings (SSSR count). The number of halogens is 2. The minimum Gasteiger partial charge on any atom is -0.268 e. The topological polar surface area (TPSA) is 79.5 Å². The van der Waals surface area contributed by atoms with Crippen LogP contribution in [0.2, 0.25) is 0 Å². The second-order valence-corrected chi connectivity index (χ2v) is 7.28. The number of rotatable bonds is 6. The predicted molar refractivity (Wildman–Crippen MR) is 82.9 cm³/mol. The third kappa shape index (κ3) is 4.88. The SMILES string of the molecule is CCCS(=O)(=O)ON=C(c1ccccc1C)C(Cl)(Cl)C#N. The summed E-state index contributed by atoms with van der Waals surface area (Å²) in [5, 5.41) is 12.6. The van der Waals surface area contributed by atoms with E-state index in [-0.39, 0.29) is 11.5 Å². The van der Waals surface area contributed by atoms with Crippen molar-refractivity contribution in [1.82, 2.24) is 0 Å². The molecule has 0 spiro atoms. The first-order valence-corrected chi connectivity index (χ1v) is 8.41. The second-order valence-electron chi connectivity index (χ2n) is 4.28. The number of alkyl halides is 2. The molecule has 114 valence electrons. The van der Waals surface area contributed by atoms with Crippen LogP contribution in [-0.2, 0) is 14.4 Å². The molecular formula is C13H14Cl2N2O3S. The molecule has 0 aliphatic carbocycles. The summed E-state index contributed by atoms with van der Waals surface area (Å²) in [4.78, 5) is 0. The fraction of sp³-hybridized carbons (Fsp3) is 0.385. The Morgan fingerprint density at radius 2 is 2.05 bits per heavy atom. The molecular weight excluding hydrogens is 335 g/mol. The summed E-state index contributed by atoms with van der Waals surface area (Å²) in [5.41, 5.74) is 1.01. The van der Waals surface area contributed by atoms with Gasteiger partial charge < -0.3 is 0 Å². The molecule has 1 aromatic rings. The first-order chi connectivity index (χ1) is 9.73. The molecule has 0 aliphatic heterocycles. The Morgan fingerprint density at radius 3 is 2.57 bits per heavy atom. The monoisotopic (exact) mass is 348 g/mol. The lowest BCUT2D eigenvalue weighted by atomic mass is 10.0. The van der Waals surface area contributed by atoms with E-state index in [1.165, 1.54) is 0 Å². The number of hydrogen-bond donors (Lipinski definition) is 0. The minimum atomic E-state index is -3.83. The van der Waals surface area contributed by atoms with Crippen LogP contribution in [0.4, 0.5) is 0 Å². The van der Waals surface area contributed by atoms with Gasteiger partial charge in [-0.2, -0.15) is 13.7 Å². The maximum atomic E-state index is 11.6. The van der Waals surface area contributed by atoms with E-state index in [1.807, 2.05) is 0 Å². The van der Waals surface area contributed by atoms with Gasteiger partial charge in [-0.05, 0) is 18.9 Å². The average molecular weight is 349 g/mol. The molecule has 0 fully saturated rings. The Bertz CT molecular complexity index is 679. The third-order valence-corrected chi connectivity index (χ3v) is 4.27. The molecule has 0 aromatic heterocycles. The maximum absolute atomic E-state index is 11.6. The van der Waals surface area contributed by atoms with Gasteiger partial charge in [0.1, 0.15) is 11.8 Å². The molecule has 0 heterocycles. The molecule has 0 N–H and O–H groups in total. The molecule has 1 aromatic carbocycles. The standard InChI is InChI=1S/C13H14Cl2N2O3S/c1-3-8-21(18,19)20-17-12(13(14,15)9-16)11-7-5-4-6-10(11)2/h4-7H,3,8H2,1-2H3. The molecule has 0 atom stereocenters. The van der Waals surface area contributed by atoms with Crippen LogP contribution < -0.4 is 0 Å². The third-order valence-electron chi connectivity index (χ3n) is 2.53. The van der Waals surface area contributed by atoms with Gasteiger partial charge in [0, 0.05) is 5.56 Å². The zero-order valence-electron chi connectivity index (χ0n) is 11.5. The van der Waals surface area contributed by atoms with Gasteiger partial charge in [0.15, 0.2) is 0 Å². The van der Waals surface area contributed by atoms with Crippen molar-refractivity contribution in [2.75, 3.05) is 5.75 Å². The minimum absolute atomic E-state index is 0.161. The summed E-state index contributed by atoms with van der Waals surface area (Å²) < 4.78 is 25.7. The number of benzene rings is 1. The molecule has 5 nitrogen and oxygen atoms in total. The molecule has 0 saturated carbocycles. The second kappa shape index (κ2) is 7.12. The molecule has 0 radical (unpaired) electrons. The van der Waals surface area contributed by atoms with Crippen molar-refractivity contribution in [1.29, 1.82) is 5.26 Å². The lowest BCUT2D eigenvalue weighted by molar-refractivity contribution is 0.338. The molecule has 0 bridgehead atoms. The van der Waals surface area contributed by atoms with Gasteiger partial charge in [0.25, 0.3) is 0 Å². The Kier molecular flexibility index (Phi) is 6.02. The fourth-order valence-electron chi connectivity index (χ4n) is 1.55. The van der Waals surface area contributed by atoms with Crippen LogP contribution in [0.15, 0.2) is 29.4 Å². The van der Waals surface area contributed by atoms with Crippen LogP contribution in [-0.4, -0.2) is 24.2 Å². The quantitative estimate of drug-likeness (QED) is 0.449. The van der Waals surface area contributed by atoms with E-state index in [2.05, 4.69) is 9.44 Å².